The van der Waals surface area contributed by atoms with Crippen molar-refractivity contribution in [3.05, 3.63) is 94.4 Å². The number of unbranched alkanes of at least 4 members (excludes halogenated alkanes) is 1. The lowest BCUT2D eigenvalue weighted by Gasteiger charge is -2.14. The molecule has 0 N–H and O–H groups in total. The van der Waals surface area contributed by atoms with Gasteiger partial charge in [0.15, 0.2) is 11.5 Å². The molecule has 1 aromatic heterocycles. The van der Waals surface area contributed by atoms with E-state index in [2.05, 4.69) is 66.5 Å². The summed E-state index contributed by atoms with van der Waals surface area (Å²) >= 11 is 9.12. The number of fused-ring (bicyclic) bond motifs is 1. The number of hydrogen-bond donors (Lipinski definition) is 0. The molecular formula is C27H24Br2IN3O3. The molecule has 0 amide bonds. The van der Waals surface area contributed by atoms with Crippen LogP contribution in [0.4, 0.5) is 0 Å². The van der Waals surface area contributed by atoms with Gasteiger partial charge in [-0.05, 0) is 82.6 Å². The fourth-order valence-electron chi connectivity index (χ4n) is 3.63. The third-order valence-corrected chi connectivity index (χ3v) is 7.32. The molecule has 1 heterocycles. The molecule has 0 bridgehead atoms. The van der Waals surface area contributed by atoms with Crippen LogP contribution in [0.2, 0.25) is 0 Å². The number of benzene rings is 3. The van der Waals surface area contributed by atoms with Gasteiger partial charge >= 0.3 is 0 Å². The highest BCUT2D eigenvalue weighted by molar-refractivity contribution is 14.1. The summed E-state index contributed by atoms with van der Waals surface area (Å²) in [6.45, 7) is 2.53. The van der Waals surface area contributed by atoms with Crippen LogP contribution in [0.3, 0.4) is 0 Å². The van der Waals surface area contributed by atoms with E-state index in [0.717, 1.165) is 36.5 Å². The van der Waals surface area contributed by atoms with Crippen molar-refractivity contribution < 1.29 is 9.47 Å². The molecule has 0 spiro atoms. The van der Waals surface area contributed by atoms with Crippen LogP contribution < -0.4 is 15.0 Å². The second-order valence-electron chi connectivity index (χ2n) is 8.10. The Morgan fingerprint density at radius 3 is 2.56 bits per heavy atom. The lowest BCUT2D eigenvalue weighted by atomic mass is 10.2. The Kier molecular flexibility index (Phi) is 9.19. The molecular weight excluding hydrogens is 701 g/mol. The van der Waals surface area contributed by atoms with Gasteiger partial charge in [0.25, 0.3) is 5.56 Å². The first-order valence-electron chi connectivity index (χ1n) is 11.4. The Balaban J connectivity index is 1.66. The summed E-state index contributed by atoms with van der Waals surface area (Å²) in [4.78, 5) is 18.0. The SMILES string of the molecule is CCCCc1nc2ccc(Br)cc2c(=O)n1N=Cc1cc(I)c(OCc2ccc(Br)cc2)c(OC)c1. The van der Waals surface area contributed by atoms with Gasteiger partial charge in [0, 0.05) is 15.4 Å². The third kappa shape index (κ3) is 6.36. The molecule has 0 saturated carbocycles. The standard InChI is InChI=1S/C27H24Br2IN3O3/c1-3-4-5-25-32-23-11-10-20(29)14-21(23)27(34)33(25)31-15-18-12-22(30)26(24(13-18)35-2)36-16-17-6-8-19(28)9-7-17/h6-15H,3-5,16H2,1-2H3. The molecule has 0 unspecified atom stereocenters. The highest BCUT2D eigenvalue weighted by Gasteiger charge is 2.13. The number of aryl methyl sites for hydroxylation is 1. The van der Waals surface area contributed by atoms with E-state index in [1.54, 1.807) is 19.4 Å². The summed E-state index contributed by atoms with van der Waals surface area (Å²) in [5, 5.41) is 5.07. The highest BCUT2D eigenvalue weighted by Crippen LogP contribution is 2.34. The number of aromatic nitrogens is 2. The first-order chi connectivity index (χ1) is 17.4. The van der Waals surface area contributed by atoms with Crippen molar-refractivity contribution in [3.8, 4) is 11.5 Å². The number of hydrogen-bond acceptors (Lipinski definition) is 5. The molecule has 0 fully saturated rings. The summed E-state index contributed by atoms with van der Waals surface area (Å²) in [6, 6.07) is 17.3. The van der Waals surface area contributed by atoms with E-state index in [-0.39, 0.29) is 5.56 Å². The molecule has 4 rings (SSSR count). The van der Waals surface area contributed by atoms with Crippen LogP contribution in [0.5, 0.6) is 11.5 Å². The van der Waals surface area contributed by atoms with Gasteiger partial charge in [-0.2, -0.15) is 9.78 Å². The molecule has 0 saturated heterocycles. The summed E-state index contributed by atoms with van der Waals surface area (Å²) in [5.41, 5.74) is 2.31. The van der Waals surface area contributed by atoms with Crippen molar-refractivity contribution in [2.45, 2.75) is 32.8 Å². The van der Waals surface area contributed by atoms with E-state index in [0.29, 0.717) is 41.3 Å². The number of ether oxygens (including phenoxy) is 2. The molecule has 36 heavy (non-hydrogen) atoms. The largest absolute Gasteiger partial charge is 0.493 e. The molecule has 6 nitrogen and oxygen atoms in total. The van der Waals surface area contributed by atoms with Crippen molar-refractivity contribution in [2.75, 3.05) is 7.11 Å². The van der Waals surface area contributed by atoms with Crippen LogP contribution >= 0.6 is 54.5 Å². The average Bonchev–Trinajstić information content (AvgIpc) is 2.87. The maximum absolute atomic E-state index is 13.3. The van der Waals surface area contributed by atoms with Crippen LogP contribution in [0.25, 0.3) is 10.9 Å². The predicted molar refractivity (Wildman–Crippen MR) is 159 cm³/mol. The van der Waals surface area contributed by atoms with Gasteiger partial charge in [-0.1, -0.05) is 57.3 Å². The summed E-state index contributed by atoms with van der Waals surface area (Å²) in [7, 11) is 1.61. The molecule has 3 aromatic carbocycles. The fraction of sp³-hybridized carbons (Fsp3) is 0.222. The Bertz CT molecular complexity index is 1470. The van der Waals surface area contributed by atoms with E-state index in [1.807, 2.05) is 48.5 Å². The van der Waals surface area contributed by atoms with E-state index < -0.39 is 0 Å². The van der Waals surface area contributed by atoms with Crippen LogP contribution in [-0.2, 0) is 13.0 Å². The molecule has 0 aliphatic carbocycles. The van der Waals surface area contributed by atoms with E-state index in [9.17, 15) is 4.79 Å². The van der Waals surface area contributed by atoms with Gasteiger partial charge in [-0.25, -0.2) is 4.98 Å². The molecule has 0 atom stereocenters. The van der Waals surface area contributed by atoms with E-state index >= 15 is 0 Å². The molecule has 0 aliphatic heterocycles. The normalized spacial score (nSPS) is 11.4. The van der Waals surface area contributed by atoms with Crippen molar-refractivity contribution in [2.24, 2.45) is 5.10 Å². The first-order valence-corrected chi connectivity index (χ1v) is 14.1. The van der Waals surface area contributed by atoms with Crippen LogP contribution in [0.1, 0.15) is 36.7 Å². The molecule has 9 heteroatoms. The fourth-order valence-corrected chi connectivity index (χ4v) is 5.03. The quantitative estimate of drug-likeness (QED) is 0.134. The van der Waals surface area contributed by atoms with Gasteiger partial charge in [0.05, 0.1) is 27.8 Å². The zero-order valence-corrected chi connectivity index (χ0v) is 25.1. The van der Waals surface area contributed by atoms with Crippen molar-refractivity contribution >= 4 is 71.6 Å². The third-order valence-electron chi connectivity index (χ3n) is 5.50. The minimum absolute atomic E-state index is 0.195. The summed E-state index contributed by atoms with van der Waals surface area (Å²) in [5.74, 6) is 1.90. The predicted octanol–water partition coefficient (Wildman–Crippen LogP) is 7.34. The van der Waals surface area contributed by atoms with Crippen LogP contribution in [0, 0.1) is 3.57 Å². The van der Waals surface area contributed by atoms with Gasteiger partial charge < -0.3 is 9.47 Å². The number of rotatable bonds is 9. The molecule has 0 aliphatic rings. The summed E-state index contributed by atoms with van der Waals surface area (Å²) < 4.78 is 15.8. The molecule has 186 valence electrons. The van der Waals surface area contributed by atoms with Gasteiger partial charge in [-0.15, -0.1) is 0 Å². The Morgan fingerprint density at radius 2 is 1.83 bits per heavy atom. The first kappa shape index (κ1) is 26.8. The van der Waals surface area contributed by atoms with Gasteiger partial charge in [-0.3, -0.25) is 4.79 Å². The smallest absolute Gasteiger partial charge is 0.282 e. The zero-order valence-electron chi connectivity index (χ0n) is 19.8. The average molecular weight is 725 g/mol. The number of nitrogens with zero attached hydrogens (tertiary/aromatic N) is 3. The minimum atomic E-state index is -0.195. The molecule has 0 radical (unpaired) electrons. The van der Waals surface area contributed by atoms with Crippen molar-refractivity contribution in [3.63, 3.8) is 0 Å². The highest BCUT2D eigenvalue weighted by atomic mass is 127. The maximum Gasteiger partial charge on any atom is 0.282 e. The van der Waals surface area contributed by atoms with E-state index in [4.69, 9.17) is 14.5 Å². The molecule has 4 aromatic rings. The Morgan fingerprint density at radius 1 is 1.08 bits per heavy atom. The lowest BCUT2D eigenvalue weighted by molar-refractivity contribution is 0.282. The zero-order chi connectivity index (χ0) is 25.7. The topological polar surface area (TPSA) is 65.7 Å². The lowest BCUT2D eigenvalue weighted by Crippen LogP contribution is -2.22. The number of methoxy groups -OCH3 is 1. The second-order valence-corrected chi connectivity index (χ2v) is 11.1. The summed E-state index contributed by atoms with van der Waals surface area (Å²) in [6.07, 6.45) is 4.24. The second kappa shape index (κ2) is 12.3. The minimum Gasteiger partial charge on any atom is -0.493 e. The maximum atomic E-state index is 13.3. The van der Waals surface area contributed by atoms with Crippen molar-refractivity contribution in [1.29, 1.82) is 0 Å². The monoisotopic (exact) mass is 723 g/mol. The van der Waals surface area contributed by atoms with Gasteiger partial charge in [0.1, 0.15) is 12.4 Å². The Labute approximate surface area is 240 Å². The van der Waals surface area contributed by atoms with E-state index in [1.165, 1.54) is 4.68 Å². The van der Waals surface area contributed by atoms with Crippen molar-refractivity contribution in [1.82, 2.24) is 9.66 Å². The van der Waals surface area contributed by atoms with Crippen LogP contribution in [-0.4, -0.2) is 23.0 Å². The van der Waals surface area contributed by atoms with Gasteiger partial charge in [0.2, 0.25) is 0 Å². The number of halogens is 3. The Hall–Kier alpha value is -2.24. The van der Waals surface area contributed by atoms with Crippen LogP contribution in [0.15, 0.2) is 73.4 Å².